The van der Waals surface area contributed by atoms with Crippen LogP contribution in [0.4, 0.5) is 0 Å². The first-order valence-corrected chi connectivity index (χ1v) is 2.87. The Balaban J connectivity index is 3.92. The quantitative estimate of drug-likeness (QED) is 0.360. The SMILES string of the molecule is CC(O)C(O)(CN)CN. The molecule has 1 unspecified atom stereocenters. The number of nitrogens with two attached hydrogens (primary N) is 2. The summed E-state index contributed by atoms with van der Waals surface area (Å²) in [4.78, 5) is 0. The molecule has 0 fully saturated rings. The minimum atomic E-state index is -1.31. The molecule has 0 radical (unpaired) electrons. The van der Waals surface area contributed by atoms with Gasteiger partial charge < -0.3 is 21.7 Å². The second-order valence-electron chi connectivity index (χ2n) is 2.19. The summed E-state index contributed by atoms with van der Waals surface area (Å²) in [5, 5.41) is 18.1. The summed E-state index contributed by atoms with van der Waals surface area (Å²) in [5.41, 5.74) is 8.95. The summed E-state index contributed by atoms with van der Waals surface area (Å²) in [6.07, 6.45) is -0.868. The van der Waals surface area contributed by atoms with E-state index < -0.39 is 11.7 Å². The third kappa shape index (κ3) is 1.91. The van der Waals surface area contributed by atoms with Crippen LogP contribution in [0.3, 0.4) is 0 Å². The standard InChI is InChI=1S/C5H14N2O2/c1-4(8)5(9,2-6)3-7/h4,8-9H,2-3,6-7H2,1H3. The van der Waals surface area contributed by atoms with Crippen molar-refractivity contribution in [1.29, 1.82) is 0 Å². The smallest absolute Gasteiger partial charge is 0.114 e. The molecule has 0 saturated heterocycles. The molecule has 6 N–H and O–H groups in total. The van der Waals surface area contributed by atoms with Gasteiger partial charge in [-0.25, -0.2) is 0 Å². The Bertz CT molecular complexity index is 81.0. The first kappa shape index (κ1) is 8.84. The maximum absolute atomic E-state index is 9.21. The molecular weight excluding hydrogens is 120 g/mol. The zero-order chi connectivity index (χ0) is 7.49. The van der Waals surface area contributed by atoms with Gasteiger partial charge in [-0.1, -0.05) is 0 Å². The van der Waals surface area contributed by atoms with Crippen molar-refractivity contribution in [3.05, 3.63) is 0 Å². The fourth-order valence-corrected chi connectivity index (χ4v) is 0.424. The molecule has 0 spiro atoms. The van der Waals surface area contributed by atoms with Gasteiger partial charge in [-0.05, 0) is 6.92 Å². The number of aliphatic hydroxyl groups excluding tert-OH is 1. The lowest BCUT2D eigenvalue weighted by atomic mass is 9.99. The van der Waals surface area contributed by atoms with Crippen molar-refractivity contribution in [2.75, 3.05) is 13.1 Å². The van der Waals surface area contributed by atoms with E-state index in [1.165, 1.54) is 6.92 Å². The van der Waals surface area contributed by atoms with Gasteiger partial charge in [0.1, 0.15) is 5.60 Å². The van der Waals surface area contributed by atoms with Gasteiger partial charge in [0, 0.05) is 13.1 Å². The second kappa shape index (κ2) is 3.12. The molecule has 4 heteroatoms. The van der Waals surface area contributed by atoms with Gasteiger partial charge >= 0.3 is 0 Å². The molecule has 0 aliphatic carbocycles. The lowest BCUT2D eigenvalue weighted by Gasteiger charge is -2.27. The maximum Gasteiger partial charge on any atom is 0.114 e. The summed E-state index contributed by atoms with van der Waals surface area (Å²) in [5.74, 6) is 0. The first-order valence-electron chi connectivity index (χ1n) is 2.87. The van der Waals surface area contributed by atoms with Crippen molar-refractivity contribution in [3.63, 3.8) is 0 Å². The highest BCUT2D eigenvalue weighted by molar-refractivity contribution is 4.85. The largest absolute Gasteiger partial charge is 0.390 e. The van der Waals surface area contributed by atoms with Crippen molar-refractivity contribution in [3.8, 4) is 0 Å². The van der Waals surface area contributed by atoms with E-state index in [9.17, 15) is 5.11 Å². The third-order valence-electron chi connectivity index (χ3n) is 1.48. The lowest BCUT2D eigenvalue weighted by molar-refractivity contribution is -0.0516. The Labute approximate surface area is 54.5 Å². The molecule has 0 aliphatic heterocycles. The average molecular weight is 134 g/mol. The highest BCUT2D eigenvalue weighted by Crippen LogP contribution is 2.05. The second-order valence-corrected chi connectivity index (χ2v) is 2.19. The normalized spacial score (nSPS) is 15.7. The molecule has 4 nitrogen and oxygen atoms in total. The molecule has 0 saturated carbocycles. The van der Waals surface area contributed by atoms with E-state index in [1.54, 1.807) is 0 Å². The van der Waals surface area contributed by atoms with Crippen molar-refractivity contribution < 1.29 is 10.2 Å². The van der Waals surface area contributed by atoms with Crippen LogP contribution in [-0.4, -0.2) is 35.0 Å². The fraction of sp³-hybridized carbons (Fsp3) is 1.00. The monoisotopic (exact) mass is 134 g/mol. The van der Waals surface area contributed by atoms with Gasteiger partial charge in [-0.15, -0.1) is 0 Å². The number of aliphatic hydroxyl groups is 2. The molecular formula is C5H14N2O2. The number of hydrogen-bond acceptors (Lipinski definition) is 4. The van der Waals surface area contributed by atoms with Crippen molar-refractivity contribution in [2.24, 2.45) is 11.5 Å². The minimum absolute atomic E-state index is 0.0127. The van der Waals surface area contributed by atoms with Crippen LogP contribution in [0.25, 0.3) is 0 Å². The highest BCUT2D eigenvalue weighted by Gasteiger charge is 2.28. The van der Waals surface area contributed by atoms with Crippen molar-refractivity contribution in [2.45, 2.75) is 18.6 Å². The molecule has 0 rings (SSSR count). The molecule has 0 aromatic heterocycles. The third-order valence-corrected chi connectivity index (χ3v) is 1.48. The Morgan fingerprint density at radius 3 is 1.78 bits per heavy atom. The maximum atomic E-state index is 9.21. The average Bonchev–Trinajstić information content (AvgIpc) is 1.86. The number of hydrogen-bond donors (Lipinski definition) is 4. The van der Waals surface area contributed by atoms with Gasteiger partial charge in [-0.2, -0.15) is 0 Å². The van der Waals surface area contributed by atoms with Gasteiger partial charge in [0.2, 0.25) is 0 Å². The first-order chi connectivity index (χ1) is 4.06. The lowest BCUT2D eigenvalue weighted by Crippen LogP contribution is -2.52. The molecule has 9 heavy (non-hydrogen) atoms. The summed E-state index contributed by atoms with van der Waals surface area (Å²) >= 11 is 0. The molecule has 0 aliphatic rings. The van der Waals surface area contributed by atoms with Crippen LogP contribution in [-0.2, 0) is 0 Å². The van der Waals surface area contributed by atoms with Gasteiger partial charge in [0.25, 0.3) is 0 Å². The van der Waals surface area contributed by atoms with Crippen LogP contribution in [0.2, 0.25) is 0 Å². The topological polar surface area (TPSA) is 92.5 Å². The van der Waals surface area contributed by atoms with Crippen molar-refractivity contribution >= 4 is 0 Å². The van der Waals surface area contributed by atoms with E-state index in [4.69, 9.17) is 16.6 Å². The zero-order valence-electron chi connectivity index (χ0n) is 5.54. The zero-order valence-corrected chi connectivity index (χ0v) is 5.54. The minimum Gasteiger partial charge on any atom is -0.390 e. The summed E-state index contributed by atoms with van der Waals surface area (Å²) < 4.78 is 0. The van der Waals surface area contributed by atoms with E-state index in [2.05, 4.69) is 0 Å². The van der Waals surface area contributed by atoms with Gasteiger partial charge in [-0.3, -0.25) is 0 Å². The Hall–Kier alpha value is -0.160. The molecule has 0 bridgehead atoms. The molecule has 0 aromatic rings. The van der Waals surface area contributed by atoms with Crippen LogP contribution >= 0.6 is 0 Å². The van der Waals surface area contributed by atoms with Crippen LogP contribution in [0, 0.1) is 0 Å². The van der Waals surface area contributed by atoms with Crippen LogP contribution < -0.4 is 11.5 Å². The summed E-state index contributed by atoms with van der Waals surface area (Å²) in [6.45, 7) is 1.43. The predicted molar refractivity (Wildman–Crippen MR) is 34.7 cm³/mol. The molecule has 0 amide bonds. The van der Waals surface area contributed by atoms with Crippen LogP contribution in [0.1, 0.15) is 6.92 Å². The Morgan fingerprint density at radius 1 is 1.44 bits per heavy atom. The Morgan fingerprint density at radius 2 is 1.78 bits per heavy atom. The van der Waals surface area contributed by atoms with E-state index in [1.807, 2.05) is 0 Å². The predicted octanol–water partition coefficient (Wildman–Crippen LogP) is -1.98. The summed E-state index contributed by atoms with van der Waals surface area (Å²) in [7, 11) is 0. The van der Waals surface area contributed by atoms with Crippen LogP contribution in [0.5, 0.6) is 0 Å². The van der Waals surface area contributed by atoms with Gasteiger partial charge in [0.05, 0.1) is 6.10 Å². The molecule has 0 aromatic carbocycles. The summed E-state index contributed by atoms with van der Waals surface area (Å²) in [6, 6.07) is 0. The highest BCUT2D eigenvalue weighted by atomic mass is 16.3. The van der Waals surface area contributed by atoms with Crippen molar-refractivity contribution in [1.82, 2.24) is 0 Å². The molecule has 0 heterocycles. The molecule has 1 atom stereocenters. The number of rotatable bonds is 3. The van der Waals surface area contributed by atoms with E-state index >= 15 is 0 Å². The van der Waals surface area contributed by atoms with E-state index in [-0.39, 0.29) is 13.1 Å². The van der Waals surface area contributed by atoms with E-state index in [0.29, 0.717) is 0 Å². The van der Waals surface area contributed by atoms with Crippen LogP contribution in [0.15, 0.2) is 0 Å². The van der Waals surface area contributed by atoms with Gasteiger partial charge in [0.15, 0.2) is 0 Å². The fourth-order valence-electron chi connectivity index (χ4n) is 0.424. The Kier molecular flexibility index (Phi) is 3.07. The van der Waals surface area contributed by atoms with E-state index in [0.717, 1.165) is 0 Å². The molecule has 56 valence electrons.